The Morgan fingerprint density at radius 2 is 1.90 bits per heavy atom. The van der Waals surface area contributed by atoms with Crippen LogP contribution in [0, 0.1) is 11.6 Å². The number of hydrogen-bond acceptors (Lipinski definition) is 11. The van der Waals surface area contributed by atoms with Crippen molar-refractivity contribution in [2.75, 3.05) is 13.3 Å². The van der Waals surface area contributed by atoms with Gasteiger partial charge in [0.15, 0.2) is 11.3 Å². The monoisotopic (exact) mass is 746 g/mol. The zero-order chi connectivity index (χ0) is 37.4. The number of halogens is 2. The van der Waals surface area contributed by atoms with E-state index in [0.717, 1.165) is 12.1 Å². The third-order valence-electron chi connectivity index (χ3n) is 9.04. The molecule has 0 saturated carbocycles. The molecule has 2 amide bonds. The predicted molar refractivity (Wildman–Crippen MR) is 174 cm³/mol. The van der Waals surface area contributed by atoms with Crippen molar-refractivity contribution in [1.29, 1.82) is 0 Å². The van der Waals surface area contributed by atoms with E-state index in [1.807, 2.05) is 6.92 Å². The first kappa shape index (κ1) is 36.5. The van der Waals surface area contributed by atoms with Crippen molar-refractivity contribution in [3.63, 3.8) is 0 Å². The van der Waals surface area contributed by atoms with Crippen LogP contribution < -0.4 is 20.0 Å². The van der Waals surface area contributed by atoms with E-state index < -0.39 is 85.8 Å². The SMILES string of the molecule is CC1=NO[C@@]2(CC[C@H](C)N3C[C@H]2n2cc(C(=O)NCc4ccc(F)cc4F)c(=O)c(OCOC(=O)OCc4ccccc4OP(=O)(O)O)c2C3=O)C1. The number of carbonyl (C=O) groups excluding carboxylic acids is 3. The lowest BCUT2D eigenvalue weighted by Gasteiger charge is -2.42. The van der Waals surface area contributed by atoms with Gasteiger partial charge in [-0.25, -0.2) is 18.1 Å². The number of fused-ring (bicyclic) bond motifs is 5. The second-order valence-electron chi connectivity index (χ2n) is 12.5. The number of rotatable bonds is 10. The van der Waals surface area contributed by atoms with Gasteiger partial charge in [0.2, 0.25) is 18.0 Å². The Bertz CT molecular complexity index is 2070. The van der Waals surface area contributed by atoms with Gasteiger partial charge in [0.1, 0.15) is 29.6 Å². The summed E-state index contributed by atoms with van der Waals surface area (Å²) in [6.45, 7) is 1.88. The average Bonchev–Trinajstić information content (AvgIpc) is 3.41. The van der Waals surface area contributed by atoms with Gasteiger partial charge in [-0.2, -0.15) is 0 Å². The van der Waals surface area contributed by atoms with Crippen LogP contribution in [-0.4, -0.2) is 67.9 Å². The van der Waals surface area contributed by atoms with Crippen molar-refractivity contribution in [3.8, 4) is 11.5 Å². The normalized spacial score (nSPS) is 20.7. The van der Waals surface area contributed by atoms with Crippen molar-refractivity contribution in [2.24, 2.45) is 5.16 Å². The van der Waals surface area contributed by atoms with Gasteiger partial charge in [-0.1, -0.05) is 29.4 Å². The predicted octanol–water partition coefficient (Wildman–Crippen LogP) is 3.93. The highest BCUT2D eigenvalue weighted by Gasteiger charge is 2.54. The van der Waals surface area contributed by atoms with Gasteiger partial charge in [-0.15, -0.1) is 0 Å². The third kappa shape index (κ3) is 7.49. The average molecular weight is 747 g/mol. The number of hydrogen-bond donors (Lipinski definition) is 3. The number of phosphoric acid groups is 1. The molecule has 1 saturated heterocycles. The molecule has 52 heavy (non-hydrogen) atoms. The fraction of sp³-hybridized carbons (Fsp3) is 0.364. The molecule has 19 heteroatoms. The molecule has 3 N–H and O–H groups in total. The van der Waals surface area contributed by atoms with E-state index >= 15 is 0 Å². The quantitative estimate of drug-likeness (QED) is 0.153. The van der Waals surface area contributed by atoms with Crippen molar-refractivity contribution >= 4 is 31.5 Å². The molecule has 1 fully saturated rings. The number of phosphoric ester groups is 1. The molecule has 3 aliphatic rings. The summed E-state index contributed by atoms with van der Waals surface area (Å²) in [6, 6.07) is 7.46. The molecule has 0 unspecified atom stereocenters. The molecule has 276 valence electrons. The first-order valence-corrected chi connectivity index (χ1v) is 17.5. The van der Waals surface area contributed by atoms with Gasteiger partial charge in [0, 0.05) is 48.9 Å². The summed E-state index contributed by atoms with van der Waals surface area (Å²) in [5, 5.41) is 6.62. The third-order valence-corrected chi connectivity index (χ3v) is 9.47. The van der Waals surface area contributed by atoms with Crippen LogP contribution >= 0.6 is 7.82 Å². The van der Waals surface area contributed by atoms with Crippen LogP contribution in [0.25, 0.3) is 0 Å². The number of ether oxygens (including phenoxy) is 3. The first-order valence-electron chi connectivity index (χ1n) is 15.9. The van der Waals surface area contributed by atoms with Crippen LogP contribution in [0.3, 0.4) is 0 Å². The van der Waals surface area contributed by atoms with Crippen LogP contribution in [0.5, 0.6) is 11.5 Å². The Labute approximate surface area is 294 Å². The van der Waals surface area contributed by atoms with Gasteiger partial charge < -0.3 is 38.4 Å². The fourth-order valence-electron chi connectivity index (χ4n) is 6.50. The summed E-state index contributed by atoms with van der Waals surface area (Å²) in [4.78, 5) is 79.9. The molecule has 3 aliphatic heterocycles. The van der Waals surface area contributed by atoms with Gasteiger partial charge in [-0.3, -0.25) is 24.2 Å². The second-order valence-corrected chi connectivity index (χ2v) is 13.7. The smallest absolute Gasteiger partial charge is 0.451 e. The summed E-state index contributed by atoms with van der Waals surface area (Å²) in [5.74, 6) is -4.14. The molecule has 1 spiro atoms. The van der Waals surface area contributed by atoms with E-state index in [9.17, 15) is 32.5 Å². The largest absolute Gasteiger partial charge is 0.524 e. The van der Waals surface area contributed by atoms with Gasteiger partial charge in [0.05, 0.1) is 11.8 Å². The molecular formula is C33H33F2N4O12P. The lowest BCUT2D eigenvalue weighted by Crippen LogP contribution is -2.52. The van der Waals surface area contributed by atoms with Gasteiger partial charge in [0.25, 0.3) is 11.8 Å². The number of nitrogens with one attached hydrogen (secondary N) is 1. The second kappa shape index (κ2) is 14.4. The Morgan fingerprint density at radius 1 is 1.13 bits per heavy atom. The number of amides is 2. The number of carbonyl (C=O) groups is 3. The highest BCUT2D eigenvalue weighted by molar-refractivity contribution is 7.46. The minimum atomic E-state index is -4.92. The maximum Gasteiger partial charge on any atom is 0.524 e. The van der Waals surface area contributed by atoms with E-state index in [-0.39, 0.29) is 35.2 Å². The molecule has 1 aromatic heterocycles. The van der Waals surface area contributed by atoms with E-state index in [1.165, 1.54) is 35.0 Å². The zero-order valence-electron chi connectivity index (χ0n) is 27.7. The topological polar surface area (TPSA) is 205 Å². The molecule has 2 bridgehead atoms. The summed E-state index contributed by atoms with van der Waals surface area (Å²) in [7, 11) is -4.92. The van der Waals surface area contributed by atoms with E-state index in [4.69, 9.17) is 28.8 Å². The molecule has 3 aromatic rings. The van der Waals surface area contributed by atoms with Crippen molar-refractivity contribution < 1.29 is 61.1 Å². The molecular weight excluding hydrogens is 713 g/mol. The number of para-hydroxylation sites is 1. The van der Waals surface area contributed by atoms with E-state index in [1.54, 1.807) is 11.8 Å². The van der Waals surface area contributed by atoms with Crippen LogP contribution in [0.4, 0.5) is 13.6 Å². The minimum Gasteiger partial charge on any atom is -0.451 e. The number of aromatic nitrogens is 1. The summed E-state index contributed by atoms with van der Waals surface area (Å²) in [6.07, 6.45) is 1.30. The zero-order valence-corrected chi connectivity index (χ0v) is 28.6. The number of benzene rings is 2. The van der Waals surface area contributed by atoms with Crippen molar-refractivity contribution in [1.82, 2.24) is 14.8 Å². The summed E-state index contributed by atoms with van der Waals surface area (Å²) >= 11 is 0. The Balaban J connectivity index is 1.29. The summed E-state index contributed by atoms with van der Waals surface area (Å²) in [5.41, 5.74) is -1.97. The molecule has 0 aliphatic carbocycles. The highest BCUT2D eigenvalue weighted by Crippen LogP contribution is 2.46. The maximum absolute atomic E-state index is 14.3. The van der Waals surface area contributed by atoms with E-state index in [0.29, 0.717) is 31.0 Å². The van der Waals surface area contributed by atoms with Crippen LogP contribution in [0.15, 0.2) is 58.6 Å². The first-order chi connectivity index (χ1) is 24.7. The fourth-order valence-corrected chi connectivity index (χ4v) is 6.93. The Kier molecular flexibility index (Phi) is 10.1. The van der Waals surface area contributed by atoms with Crippen LogP contribution in [-0.2, 0) is 32.0 Å². The number of pyridine rings is 1. The van der Waals surface area contributed by atoms with Crippen LogP contribution in [0.2, 0.25) is 0 Å². The Hall–Kier alpha value is -5.32. The van der Waals surface area contributed by atoms with E-state index in [2.05, 4.69) is 15.0 Å². The lowest BCUT2D eigenvalue weighted by molar-refractivity contribution is -0.0658. The molecule has 2 aromatic carbocycles. The van der Waals surface area contributed by atoms with Gasteiger partial charge >= 0.3 is 14.0 Å². The molecule has 6 rings (SSSR count). The molecule has 0 radical (unpaired) electrons. The number of nitrogens with zero attached hydrogens (tertiary/aromatic N) is 3. The highest BCUT2D eigenvalue weighted by atomic mass is 31.2. The summed E-state index contributed by atoms with van der Waals surface area (Å²) < 4.78 is 60.8. The number of oxime groups is 1. The standard InChI is InChI=1S/C33H33F2N4O12P/c1-18-12-33(51-37-18)10-9-19(2)38-15-26(33)39-14-23(30(41)36-13-20-7-8-22(34)11-24(20)35)28(40)29(27(39)31(38)42)48-17-49-32(43)47-16-21-5-3-4-6-25(21)50-52(44,45)46/h3-8,11,14,19,26H,9-10,12-13,15-17H2,1-2H3,(H,36,41)(H2,44,45,46)/t19-,26+,33-/m0/s1. The van der Waals surface area contributed by atoms with Gasteiger partial charge in [-0.05, 0) is 38.8 Å². The molecule has 3 atom stereocenters. The molecule has 16 nitrogen and oxygen atoms in total. The van der Waals surface area contributed by atoms with Crippen molar-refractivity contribution in [3.05, 3.63) is 92.9 Å². The maximum atomic E-state index is 14.3. The van der Waals surface area contributed by atoms with Crippen LogP contribution in [0.1, 0.15) is 71.1 Å². The lowest BCUT2D eigenvalue weighted by atomic mass is 9.84. The Morgan fingerprint density at radius 3 is 2.62 bits per heavy atom. The van der Waals surface area contributed by atoms with Crippen molar-refractivity contribution in [2.45, 2.75) is 63.9 Å². The molecule has 4 heterocycles. The minimum absolute atomic E-state index is 0.0541.